The largest absolute Gasteiger partial charge is 0.463 e. The summed E-state index contributed by atoms with van der Waals surface area (Å²) in [5.74, 6) is 5.88. The van der Waals surface area contributed by atoms with E-state index in [1.165, 1.54) is 4.68 Å². The summed E-state index contributed by atoms with van der Waals surface area (Å²) in [5, 5.41) is 4.06. The molecule has 0 aromatic carbocycles. The zero-order chi connectivity index (χ0) is 15.3. The molecule has 0 aliphatic heterocycles. The lowest BCUT2D eigenvalue weighted by atomic mass is 10.1. The predicted octanol–water partition coefficient (Wildman–Crippen LogP) is 0.537. The minimum atomic E-state index is -0.271. The molecule has 2 aromatic heterocycles. The maximum atomic E-state index is 5.55. The Kier molecular flexibility index (Phi) is 4.66. The summed E-state index contributed by atoms with van der Waals surface area (Å²) < 4.78 is 12.4. The quantitative estimate of drug-likeness (QED) is 0.561. The van der Waals surface area contributed by atoms with Gasteiger partial charge in [-0.05, 0) is 19.9 Å². The number of nitrogen functional groups attached to an aromatic ring is 1. The minimum Gasteiger partial charge on any atom is -0.463 e. The molecule has 0 spiro atoms. The van der Waals surface area contributed by atoms with Crippen LogP contribution in [0.25, 0.3) is 5.95 Å². The van der Waals surface area contributed by atoms with Gasteiger partial charge >= 0.3 is 6.01 Å². The molecule has 0 unspecified atom stereocenters. The van der Waals surface area contributed by atoms with Crippen molar-refractivity contribution in [3.63, 3.8) is 0 Å². The van der Waals surface area contributed by atoms with Gasteiger partial charge in [0, 0.05) is 25.9 Å². The van der Waals surface area contributed by atoms with Crippen molar-refractivity contribution >= 4 is 5.95 Å². The molecule has 2 aromatic rings. The van der Waals surface area contributed by atoms with Gasteiger partial charge in [-0.3, -0.25) is 5.43 Å². The standard InChI is InChI=1S/C12H19N7O2/c1-12(2,20-3)5-8-21-11-16-9(18-13)15-10(17-11)19-7-4-6-14-19/h4,6-7H,5,8,13H2,1-3H3,(H,15,16,17,18). The highest BCUT2D eigenvalue weighted by Gasteiger charge is 2.17. The van der Waals surface area contributed by atoms with Crippen LogP contribution in [0.4, 0.5) is 5.95 Å². The molecule has 3 N–H and O–H groups in total. The van der Waals surface area contributed by atoms with E-state index >= 15 is 0 Å². The highest BCUT2D eigenvalue weighted by atomic mass is 16.5. The van der Waals surface area contributed by atoms with Crippen molar-refractivity contribution in [3.8, 4) is 12.0 Å². The second kappa shape index (κ2) is 6.46. The Morgan fingerprint density at radius 2 is 2.14 bits per heavy atom. The van der Waals surface area contributed by atoms with Crippen LogP contribution in [0.5, 0.6) is 6.01 Å². The molecule has 114 valence electrons. The van der Waals surface area contributed by atoms with E-state index in [9.17, 15) is 0 Å². The Morgan fingerprint density at radius 1 is 1.33 bits per heavy atom. The van der Waals surface area contributed by atoms with Gasteiger partial charge in [0.05, 0.1) is 12.2 Å². The summed E-state index contributed by atoms with van der Waals surface area (Å²) in [4.78, 5) is 12.3. The molecule has 0 amide bonds. The van der Waals surface area contributed by atoms with E-state index in [-0.39, 0.29) is 17.6 Å². The van der Waals surface area contributed by atoms with Gasteiger partial charge in [0.15, 0.2) is 0 Å². The van der Waals surface area contributed by atoms with Crippen molar-refractivity contribution in [2.24, 2.45) is 5.84 Å². The number of hydrogen-bond donors (Lipinski definition) is 2. The van der Waals surface area contributed by atoms with Gasteiger partial charge in [0.25, 0.3) is 5.95 Å². The first-order chi connectivity index (χ1) is 10.0. The lowest BCUT2D eigenvalue weighted by Gasteiger charge is -2.22. The van der Waals surface area contributed by atoms with Gasteiger partial charge < -0.3 is 9.47 Å². The SMILES string of the molecule is COC(C)(C)CCOc1nc(NN)nc(-n2cccn2)n1. The summed E-state index contributed by atoms with van der Waals surface area (Å²) in [7, 11) is 1.66. The molecule has 0 aliphatic rings. The summed E-state index contributed by atoms with van der Waals surface area (Å²) in [6.45, 7) is 4.37. The molecule has 9 nitrogen and oxygen atoms in total. The Bertz CT molecular complexity index is 571. The smallest absolute Gasteiger partial charge is 0.323 e. The summed E-state index contributed by atoms with van der Waals surface area (Å²) in [6, 6.07) is 1.94. The third-order valence-corrected chi connectivity index (χ3v) is 2.93. The molecule has 0 atom stereocenters. The third kappa shape index (κ3) is 4.10. The fourth-order valence-corrected chi connectivity index (χ4v) is 1.45. The van der Waals surface area contributed by atoms with E-state index < -0.39 is 0 Å². The van der Waals surface area contributed by atoms with Crippen molar-refractivity contribution in [2.45, 2.75) is 25.9 Å². The number of nitrogens with zero attached hydrogens (tertiary/aromatic N) is 5. The van der Waals surface area contributed by atoms with Crippen LogP contribution in [0.3, 0.4) is 0 Å². The van der Waals surface area contributed by atoms with Crippen LogP contribution in [0.1, 0.15) is 20.3 Å². The van der Waals surface area contributed by atoms with E-state index in [0.717, 1.165) is 0 Å². The first-order valence-electron chi connectivity index (χ1n) is 6.45. The number of nitrogens with one attached hydrogen (secondary N) is 1. The van der Waals surface area contributed by atoms with E-state index in [1.54, 1.807) is 25.6 Å². The molecule has 0 saturated carbocycles. The van der Waals surface area contributed by atoms with Crippen LogP contribution in [0.2, 0.25) is 0 Å². The summed E-state index contributed by atoms with van der Waals surface area (Å²) >= 11 is 0. The topological polar surface area (TPSA) is 113 Å². The van der Waals surface area contributed by atoms with Gasteiger partial charge in [0.1, 0.15) is 0 Å². The molecule has 0 fully saturated rings. The lowest BCUT2D eigenvalue weighted by molar-refractivity contribution is 0.00466. The molecule has 2 rings (SSSR count). The number of anilines is 1. The Labute approximate surface area is 122 Å². The van der Waals surface area contributed by atoms with Crippen molar-refractivity contribution < 1.29 is 9.47 Å². The molecule has 21 heavy (non-hydrogen) atoms. The van der Waals surface area contributed by atoms with Gasteiger partial charge in [0.2, 0.25) is 5.95 Å². The molecule has 0 saturated heterocycles. The monoisotopic (exact) mass is 293 g/mol. The van der Waals surface area contributed by atoms with Crippen LogP contribution in [0.15, 0.2) is 18.5 Å². The Balaban J connectivity index is 2.10. The van der Waals surface area contributed by atoms with Crippen LogP contribution in [-0.2, 0) is 4.74 Å². The van der Waals surface area contributed by atoms with Gasteiger partial charge in [-0.15, -0.1) is 0 Å². The fourth-order valence-electron chi connectivity index (χ4n) is 1.45. The second-order valence-corrected chi connectivity index (χ2v) is 4.90. The number of hydrogen-bond acceptors (Lipinski definition) is 8. The van der Waals surface area contributed by atoms with E-state index in [1.807, 2.05) is 13.8 Å². The fraction of sp³-hybridized carbons (Fsp3) is 0.500. The average molecular weight is 293 g/mol. The second-order valence-electron chi connectivity index (χ2n) is 4.90. The van der Waals surface area contributed by atoms with Gasteiger partial charge in [-0.25, -0.2) is 10.5 Å². The zero-order valence-electron chi connectivity index (χ0n) is 12.3. The van der Waals surface area contributed by atoms with Crippen LogP contribution < -0.4 is 16.0 Å². The van der Waals surface area contributed by atoms with Gasteiger partial charge in [-0.1, -0.05) is 0 Å². The van der Waals surface area contributed by atoms with E-state index in [2.05, 4.69) is 25.5 Å². The molecule has 0 bridgehead atoms. The molecule has 9 heteroatoms. The van der Waals surface area contributed by atoms with E-state index in [4.69, 9.17) is 15.3 Å². The maximum absolute atomic E-state index is 5.55. The number of aromatic nitrogens is 5. The first-order valence-corrected chi connectivity index (χ1v) is 6.45. The normalized spacial score (nSPS) is 11.4. The first kappa shape index (κ1) is 15.1. The predicted molar refractivity (Wildman–Crippen MR) is 76.0 cm³/mol. The lowest BCUT2D eigenvalue weighted by Crippen LogP contribution is -2.25. The highest BCUT2D eigenvalue weighted by Crippen LogP contribution is 2.15. The number of methoxy groups -OCH3 is 1. The Hall–Kier alpha value is -2.26. The summed E-state index contributed by atoms with van der Waals surface area (Å²) in [6.07, 6.45) is 4.03. The van der Waals surface area contributed by atoms with Crippen molar-refractivity contribution in [1.82, 2.24) is 24.7 Å². The summed E-state index contributed by atoms with van der Waals surface area (Å²) in [5.41, 5.74) is 2.11. The third-order valence-electron chi connectivity index (χ3n) is 2.93. The molecule has 0 radical (unpaired) electrons. The van der Waals surface area contributed by atoms with Crippen molar-refractivity contribution in [2.75, 3.05) is 19.1 Å². The number of hydrazine groups is 1. The van der Waals surface area contributed by atoms with Crippen molar-refractivity contribution in [3.05, 3.63) is 18.5 Å². The average Bonchev–Trinajstić information content (AvgIpc) is 3.01. The van der Waals surface area contributed by atoms with Gasteiger partial charge in [-0.2, -0.15) is 20.1 Å². The molecule has 2 heterocycles. The molecular weight excluding hydrogens is 274 g/mol. The van der Waals surface area contributed by atoms with E-state index in [0.29, 0.717) is 19.0 Å². The number of nitrogens with two attached hydrogens (primary N) is 1. The van der Waals surface area contributed by atoms with Crippen LogP contribution >= 0.6 is 0 Å². The zero-order valence-corrected chi connectivity index (χ0v) is 12.3. The van der Waals surface area contributed by atoms with Crippen LogP contribution in [0, 0.1) is 0 Å². The number of ether oxygens (including phenoxy) is 2. The number of rotatable bonds is 7. The maximum Gasteiger partial charge on any atom is 0.323 e. The Morgan fingerprint density at radius 3 is 2.76 bits per heavy atom. The molecular formula is C12H19N7O2. The van der Waals surface area contributed by atoms with Crippen molar-refractivity contribution in [1.29, 1.82) is 0 Å². The molecule has 0 aliphatic carbocycles. The highest BCUT2D eigenvalue weighted by molar-refractivity contribution is 5.28. The van der Waals surface area contributed by atoms with Crippen LogP contribution in [-0.4, -0.2) is 44.1 Å². The minimum absolute atomic E-state index is 0.176.